The summed E-state index contributed by atoms with van der Waals surface area (Å²) in [6, 6.07) is 4.51. The molecule has 4 nitrogen and oxygen atoms in total. The second-order valence-corrected chi connectivity index (χ2v) is 6.17. The van der Waals surface area contributed by atoms with Crippen molar-refractivity contribution in [1.29, 1.82) is 0 Å². The minimum atomic E-state index is -1.26. The van der Waals surface area contributed by atoms with E-state index in [-0.39, 0.29) is 11.7 Å². The molecule has 1 aliphatic heterocycles. The number of halogens is 2. The quantitative estimate of drug-likeness (QED) is 0.821. The lowest BCUT2D eigenvalue weighted by molar-refractivity contribution is -0.148. The van der Waals surface area contributed by atoms with Crippen molar-refractivity contribution in [3.05, 3.63) is 34.1 Å². The highest BCUT2D eigenvalue weighted by Crippen LogP contribution is 2.28. The fraction of sp³-hybridized carbons (Fsp3) is 0.533. The highest BCUT2D eigenvalue weighted by molar-refractivity contribution is 9.10. The first-order chi connectivity index (χ1) is 9.97. The SMILES string of the molecule is COC(=O)C(C)(NCC1CCCO1)c1cc(Br)ccc1F. The first kappa shape index (κ1) is 16.4. The number of nitrogens with one attached hydrogen (secondary N) is 1. The van der Waals surface area contributed by atoms with E-state index in [2.05, 4.69) is 21.2 Å². The molecule has 1 fully saturated rings. The zero-order valence-electron chi connectivity index (χ0n) is 12.1. The first-order valence-electron chi connectivity index (χ1n) is 6.88. The van der Waals surface area contributed by atoms with Crippen LogP contribution in [-0.2, 0) is 19.8 Å². The van der Waals surface area contributed by atoms with Crippen molar-refractivity contribution in [2.75, 3.05) is 20.3 Å². The molecule has 0 saturated carbocycles. The van der Waals surface area contributed by atoms with Crippen molar-refractivity contribution >= 4 is 21.9 Å². The molecule has 0 amide bonds. The van der Waals surface area contributed by atoms with Crippen LogP contribution in [0.5, 0.6) is 0 Å². The molecule has 1 aromatic rings. The Labute approximate surface area is 132 Å². The number of hydrogen-bond donors (Lipinski definition) is 1. The number of hydrogen-bond acceptors (Lipinski definition) is 4. The van der Waals surface area contributed by atoms with Crippen LogP contribution in [0.3, 0.4) is 0 Å². The van der Waals surface area contributed by atoms with Crippen molar-refractivity contribution < 1.29 is 18.7 Å². The summed E-state index contributed by atoms with van der Waals surface area (Å²) in [7, 11) is 1.30. The Morgan fingerprint density at radius 3 is 3.00 bits per heavy atom. The van der Waals surface area contributed by atoms with Crippen LogP contribution in [0.4, 0.5) is 4.39 Å². The second-order valence-electron chi connectivity index (χ2n) is 5.26. The van der Waals surface area contributed by atoms with Crippen molar-refractivity contribution in [3.8, 4) is 0 Å². The van der Waals surface area contributed by atoms with Gasteiger partial charge in [0.1, 0.15) is 11.4 Å². The van der Waals surface area contributed by atoms with Crippen LogP contribution in [0.2, 0.25) is 0 Å². The van der Waals surface area contributed by atoms with Crippen molar-refractivity contribution in [2.45, 2.75) is 31.4 Å². The van der Waals surface area contributed by atoms with Gasteiger partial charge in [-0.1, -0.05) is 15.9 Å². The number of carbonyl (C=O) groups is 1. The molecule has 2 atom stereocenters. The molecule has 2 unspecified atom stereocenters. The van der Waals surface area contributed by atoms with Gasteiger partial charge in [-0.3, -0.25) is 5.32 Å². The Bertz CT molecular complexity index is 520. The fourth-order valence-corrected chi connectivity index (χ4v) is 2.85. The summed E-state index contributed by atoms with van der Waals surface area (Å²) in [5.74, 6) is -0.983. The van der Waals surface area contributed by atoms with Crippen LogP contribution in [0, 0.1) is 5.82 Å². The molecule has 0 spiro atoms. The van der Waals surface area contributed by atoms with E-state index in [1.807, 2.05) is 0 Å². The summed E-state index contributed by atoms with van der Waals surface area (Å²) in [5, 5.41) is 3.11. The van der Waals surface area contributed by atoms with Gasteiger partial charge in [0.25, 0.3) is 0 Å². The highest BCUT2D eigenvalue weighted by Gasteiger charge is 2.39. The molecular formula is C15H19BrFNO3. The minimum absolute atomic E-state index is 0.0456. The first-order valence-corrected chi connectivity index (χ1v) is 7.67. The molecule has 1 aromatic carbocycles. The number of ether oxygens (including phenoxy) is 2. The molecule has 2 rings (SSSR count). The summed E-state index contributed by atoms with van der Waals surface area (Å²) >= 11 is 3.31. The maximum Gasteiger partial charge on any atom is 0.330 e. The topological polar surface area (TPSA) is 47.6 Å². The summed E-state index contributed by atoms with van der Waals surface area (Å²) in [4.78, 5) is 12.2. The molecule has 0 aromatic heterocycles. The molecule has 0 radical (unpaired) electrons. The van der Waals surface area contributed by atoms with Crippen LogP contribution in [0.1, 0.15) is 25.3 Å². The third kappa shape index (κ3) is 3.62. The predicted octanol–water partition coefficient (Wildman–Crippen LogP) is 2.75. The van der Waals surface area contributed by atoms with Gasteiger partial charge in [-0.15, -0.1) is 0 Å². The smallest absolute Gasteiger partial charge is 0.330 e. The summed E-state index contributed by atoms with van der Waals surface area (Å²) in [6.07, 6.45) is 1.99. The molecule has 1 aliphatic rings. The van der Waals surface area contributed by atoms with Gasteiger partial charge in [-0.2, -0.15) is 0 Å². The Kier molecular flexibility index (Phi) is 5.35. The van der Waals surface area contributed by atoms with E-state index in [0.717, 1.165) is 19.4 Å². The van der Waals surface area contributed by atoms with Gasteiger partial charge < -0.3 is 9.47 Å². The highest BCUT2D eigenvalue weighted by atomic mass is 79.9. The van der Waals surface area contributed by atoms with E-state index in [4.69, 9.17) is 9.47 Å². The standard InChI is InChI=1S/C15H19BrFNO3/c1-15(14(19)20-2,18-9-11-4-3-7-21-11)12-8-10(16)5-6-13(12)17/h5-6,8,11,18H,3-4,7,9H2,1-2H3. The maximum atomic E-state index is 14.2. The number of esters is 1. The Morgan fingerprint density at radius 2 is 2.38 bits per heavy atom. The summed E-state index contributed by atoms with van der Waals surface area (Å²) in [5.41, 5.74) is -1.00. The van der Waals surface area contributed by atoms with E-state index in [1.165, 1.54) is 13.2 Å². The third-order valence-corrected chi connectivity index (χ3v) is 4.26. The van der Waals surface area contributed by atoms with Crippen LogP contribution in [0.25, 0.3) is 0 Å². The van der Waals surface area contributed by atoms with Crippen LogP contribution in [-0.4, -0.2) is 32.3 Å². The van der Waals surface area contributed by atoms with Crippen LogP contribution in [0.15, 0.2) is 22.7 Å². The molecule has 0 bridgehead atoms. The van der Waals surface area contributed by atoms with Gasteiger partial charge in [0.05, 0.1) is 13.2 Å². The molecule has 116 valence electrons. The molecular weight excluding hydrogens is 341 g/mol. The predicted molar refractivity (Wildman–Crippen MR) is 80.4 cm³/mol. The van der Waals surface area contributed by atoms with Crippen LogP contribution >= 0.6 is 15.9 Å². The normalized spacial score (nSPS) is 21.0. The molecule has 0 aliphatic carbocycles. The lowest BCUT2D eigenvalue weighted by atomic mass is 9.91. The van der Waals surface area contributed by atoms with Crippen molar-refractivity contribution in [2.24, 2.45) is 0 Å². The van der Waals surface area contributed by atoms with Crippen molar-refractivity contribution in [1.82, 2.24) is 5.32 Å². The van der Waals surface area contributed by atoms with Gasteiger partial charge in [0.2, 0.25) is 0 Å². The molecule has 6 heteroatoms. The van der Waals surface area contributed by atoms with E-state index < -0.39 is 17.3 Å². The van der Waals surface area contributed by atoms with Gasteiger partial charge >= 0.3 is 5.97 Å². The average molecular weight is 360 g/mol. The summed E-state index contributed by atoms with van der Waals surface area (Å²) < 4.78 is 25.3. The Hall–Kier alpha value is -0.980. The molecule has 1 heterocycles. The lowest BCUT2D eigenvalue weighted by Crippen LogP contribution is -2.50. The zero-order valence-corrected chi connectivity index (χ0v) is 13.7. The second kappa shape index (κ2) is 6.85. The van der Waals surface area contributed by atoms with E-state index in [0.29, 0.717) is 11.0 Å². The number of benzene rings is 1. The number of carbonyl (C=O) groups excluding carboxylic acids is 1. The van der Waals surface area contributed by atoms with Crippen LogP contribution < -0.4 is 5.32 Å². The van der Waals surface area contributed by atoms with Gasteiger partial charge in [0, 0.05) is 23.2 Å². The third-order valence-electron chi connectivity index (χ3n) is 3.77. The molecule has 1 saturated heterocycles. The molecule has 1 N–H and O–H groups in total. The lowest BCUT2D eigenvalue weighted by Gasteiger charge is -2.30. The fourth-order valence-electron chi connectivity index (χ4n) is 2.49. The monoisotopic (exact) mass is 359 g/mol. The molecule has 21 heavy (non-hydrogen) atoms. The Morgan fingerprint density at radius 1 is 1.62 bits per heavy atom. The van der Waals surface area contributed by atoms with Gasteiger partial charge in [-0.05, 0) is 38.0 Å². The van der Waals surface area contributed by atoms with Gasteiger partial charge in [-0.25, -0.2) is 9.18 Å². The van der Waals surface area contributed by atoms with Crippen molar-refractivity contribution in [3.63, 3.8) is 0 Å². The number of methoxy groups -OCH3 is 1. The Balaban J connectivity index is 2.27. The van der Waals surface area contributed by atoms with E-state index >= 15 is 0 Å². The minimum Gasteiger partial charge on any atom is -0.467 e. The number of rotatable bonds is 5. The maximum absolute atomic E-state index is 14.2. The largest absolute Gasteiger partial charge is 0.467 e. The van der Waals surface area contributed by atoms with E-state index in [1.54, 1.807) is 19.1 Å². The average Bonchev–Trinajstić information content (AvgIpc) is 2.99. The van der Waals surface area contributed by atoms with E-state index in [9.17, 15) is 9.18 Å². The zero-order chi connectivity index (χ0) is 15.5. The summed E-state index contributed by atoms with van der Waals surface area (Å²) in [6.45, 7) is 2.82. The van der Waals surface area contributed by atoms with Gasteiger partial charge in [0.15, 0.2) is 0 Å².